The summed E-state index contributed by atoms with van der Waals surface area (Å²) in [6.45, 7) is 2.16. The summed E-state index contributed by atoms with van der Waals surface area (Å²) in [5, 5.41) is 5.63. The van der Waals surface area contributed by atoms with Crippen LogP contribution in [0.25, 0.3) is 0 Å². The van der Waals surface area contributed by atoms with E-state index in [0.29, 0.717) is 6.61 Å². The van der Waals surface area contributed by atoms with Crippen molar-refractivity contribution in [2.75, 3.05) is 25.0 Å². The SMILES string of the molecule is O=C(CCOC1CCNCC1)Nc1ccc(F)cc1F. The van der Waals surface area contributed by atoms with E-state index >= 15 is 0 Å². The van der Waals surface area contributed by atoms with Gasteiger partial charge >= 0.3 is 0 Å². The maximum absolute atomic E-state index is 13.3. The maximum Gasteiger partial charge on any atom is 0.226 e. The van der Waals surface area contributed by atoms with E-state index in [-0.39, 0.29) is 24.1 Å². The molecule has 2 rings (SSSR count). The molecule has 1 aliphatic heterocycles. The largest absolute Gasteiger partial charge is 0.378 e. The summed E-state index contributed by atoms with van der Waals surface area (Å²) < 4.78 is 31.6. The first-order valence-corrected chi connectivity index (χ1v) is 6.72. The van der Waals surface area contributed by atoms with E-state index in [2.05, 4.69) is 10.6 Å². The van der Waals surface area contributed by atoms with Crippen molar-refractivity contribution in [3.05, 3.63) is 29.8 Å². The van der Waals surface area contributed by atoms with Crippen LogP contribution in [-0.4, -0.2) is 31.7 Å². The zero-order chi connectivity index (χ0) is 14.4. The lowest BCUT2D eigenvalue weighted by molar-refractivity contribution is -0.117. The fourth-order valence-electron chi connectivity index (χ4n) is 2.08. The quantitative estimate of drug-likeness (QED) is 0.870. The molecule has 2 N–H and O–H groups in total. The highest BCUT2D eigenvalue weighted by Crippen LogP contribution is 2.15. The summed E-state index contributed by atoms with van der Waals surface area (Å²) in [5.74, 6) is -1.79. The number of piperidine rings is 1. The first-order chi connectivity index (χ1) is 9.65. The van der Waals surface area contributed by atoms with Crippen molar-refractivity contribution in [1.82, 2.24) is 5.32 Å². The Kier molecular flexibility index (Phi) is 5.43. The van der Waals surface area contributed by atoms with Gasteiger partial charge in [0.25, 0.3) is 0 Å². The molecule has 0 atom stereocenters. The van der Waals surface area contributed by atoms with Gasteiger partial charge in [-0.3, -0.25) is 4.79 Å². The smallest absolute Gasteiger partial charge is 0.226 e. The van der Waals surface area contributed by atoms with Crippen LogP contribution in [0, 0.1) is 11.6 Å². The van der Waals surface area contributed by atoms with E-state index in [1.165, 1.54) is 6.07 Å². The summed E-state index contributed by atoms with van der Waals surface area (Å²) >= 11 is 0. The van der Waals surface area contributed by atoms with Gasteiger partial charge in [-0.15, -0.1) is 0 Å². The molecule has 1 fully saturated rings. The lowest BCUT2D eigenvalue weighted by atomic mass is 10.1. The zero-order valence-corrected chi connectivity index (χ0v) is 11.1. The van der Waals surface area contributed by atoms with Gasteiger partial charge < -0.3 is 15.4 Å². The number of hydrogen-bond acceptors (Lipinski definition) is 3. The number of ether oxygens (including phenoxy) is 1. The molecule has 1 heterocycles. The van der Waals surface area contributed by atoms with Crippen molar-refractivity contribution in [1.29, 1.82) is 0 Å². The molecule has 1 aromatic rings. The van der Waals surface area contributed by atoms with Crippen LogP contribution < -0.4 is 10.6 Å². The minimum Gasteiger partial charge on any atom is -0.378 e. The monoisotopic (exact) mass is 284 g/mol. The van der Waals surface area contributed by atoms with E-state index in [1.807, 2.05) is 0 Å². The number of nitrogens with one attached hydrogen (secondary N) is 2. The van der Waals surface area contributed by atoms with Gasteiger partial charge in [0.05, 0.1) is 24.8 Å². The number of rotatable bonds is 5. The third-order valence-electron chi connectivity index (χ3n) is 3.17. The molecule has 0 spiro atoms. The molecular weight excluding hydrogens is 266 g/mol. The molecule has 1 saturated heterocycles. The lowest BCUT2D eigenvalue weighted by Crippen LogP contribution is -2.33. The van der Waals surface area contributed by atoms with Crippen molar-refractivity contribution in [2.24, 2.45) is 0 Å². The summed E-state index contributed by atoms with van der Waals surface area (Å²) in [6.07, 6.45) is 2.22. The minimum absolute atomic E-state index is 0.0155. The molecular formula is C14H18F2N2O2. The van der Waals surface area contributed by atoms with Gasteiger partial charge in [-0.1, -0.05) is 0 Å². The molecule has 1 aliphatic rings. The van der Waals surface area contributed by atoms with E-state index in [4.69, 9.17) is 4.74 Å². The third kappa shape index (κ3) is 4.54. The molecule has 6 heteroatoms. The summed E-state index contributed by atoms with van der Waals surface area (Å²) in [6, 6.07) is 3.04. The Morgan fingerprint density at radius 1 is 1.35 bits per heavy atom. The predicted octanol–water partition coefficient (Wildman–Crippen LogP) is 2.06. The molecule has 0 saturated carbocycles. The molecule has 110 valence electrons. The van der Waals surface area contributed by atoms with Gasteiger partial charge in [-0.2, -0.15) is 0 Å². The number of carbonyl (C=O) groups is 1. The molecule has 4 nitrogen and oxygen atoms in total. The topological polar surface area (TPSA) is 50.4 Å². The number of hydrogen-bond donors (Lipinski definition) is 2. The number of amides is 1. The average Bonchev–Trinajstić information content (AvgIpc) is 2.43. The fraction of sp³-hybridized carbons (Fsp3) is 0.500. The van der Waals surface area contributed by atoms with Gasteiger partial charge in [-0.05, 0) is 38.1 Å². The predicted molar refractivity (Wildman–Crippen MR) is 71.4 cm³/mol. The van der Waals surface area contributed by atoms with Gasteiger partial charge in [0.15, 0.2) is 0 Å². The first kappa shape index (κ1) is 14.9. The Bertz CT molecular complexity index is 462. The third-order valence-corrected chi connectivity index (χ3v) is 3.17. The van der Waals surface area contributed by atoms with Crippen molar-refractivity contribution in [3.63, 3.8) is 0 Å². The first-order valence-electron chi connectivity index (χ1n) is 6.72. The summed E-state index contributed by atoms with van der Waals surface area (Å²) in [4.78, 5) is 11.6. The standard InChI is InChI=1S/C14H18F2N2O2/c15-10-1-2-13(12(16)9-10)18-14(19)5-8-20-11-3-6-17-7-4-11/h1-2,9,11,17H,3-8H2,(H,18,19). The van der Waals surface area contributed by atoms with E-state index < -0.39 is 11.6 Å². The van der Waals surface area contributed by atoms with Crippen LogP contribution in [0.4, 0.5) is 14.5 Å². The minimum atomic E-state index is -0.780. The van der Waals surface area contributed by atoms with E-state index in [9.17, 15) is 13.6 Å². The second-order valence-corrected chi connectivity index (χ2v) is 4.74. The molecule has 1 amide bonds. The van der Waals surface area contributed by atoms with Crippen LogP contribution in [0.3, 0.4) is 0 Å². The molecule has 0 bridgehead atoms. The Labute approximate surface area is 116 Å². The molecule has 0 radical (unpaired) electrons. The Hall–Kier alpha value is -1.53. The van der Waals surface area contributed by atoms with Gasteiger partial charge in [0.1, 0.15) is 11.6 Å². The highest BCUT2D eigenvalue weighted by atomic mass is 19.1. The van der Waals surface area contributed by atoms with Crippen molar-refractivity contribution >= 4 is 11.6 Å². The normalized spacial score (nSPS) is 16.1. The number of anilines is 1. The Morgan fingerprint density at radius 3 is 2.80 bits per heavy atom. The highest BCUT2D eigenvalue weighted by molar-refractivity contribution is 5.90. The number of carbonyl (C=O) groups excluding carboxylic acids is 1. The van der Waals surface area contributed by atoms with Crippen molar-refractivity contribution in [3.8, 4) is 0 Å². The molecule has 20 heavy (non-hydrogen) atoms. The molecule has 0 unspecified atom stereocenters. The van der Waals surface area contributed by atoms with Crippen LogP contribution in [0.15, 0.2) is 18.2 Å². The van der Waals surface area contributed by atoms with Crippen molar-refractivity contribution in [2.45, 2.75) is 25.4 Å². The van der Waals surface area contributed by atoms with Crippen LogP contribution in [0.5, 0.6) is 0 Å². The van der Waals surface area contributed by atoms with Gasteiger partial charge in [0, 0.05) is 6.07 Å². The van der Waals surface area contributed by atoms with Gasteiger partial charge in [0.2, 0.25) is 5.91 Å². The second-order valence-electron chi connectivity index (χ2n) is 4.74. The van der Waals surface area contributed by atoms with Crippen LogP contribution >= 0.6 is 0 Å². The van der Waals surface area contributed by atoms with E-state index in [0.717, 1.165) is 38.1 Å². The number of halogens is 2. The maximum atomic E-state index is 13.3. The molecule has 1 aromatic carbocycles. The lowest BCUT2D eigenvalue weighted by Gasteiger charge is -2.22. The van der Waals surface area contributed by atoms with Crippen LogP contribution in [0.1, 0.15) is 19.3 Å². The average molecular weight is 284 g/mol. The highest BCUT2D eigenvalue weighted by Gasteiger charge is 2.14. The summed E-state index contributed by atoms with van der Waals surface area (Å²) in [7, 11) is 0. The molecule has 0 aliphatic carbocycles. The molecule has 0 aromatic heterocycles. The summed E-state index contributed by atoms with van der Waals surface area (Å²) in [5.41, 5.74) is -0.0155. The zero-order valence-electron chi connectivity index (χ0n) is 11.1. The van der Waals surface area contributed by atoms with E-state index in [1.54, 1.807) is 0 Å². The Morgan fingerprint density at radius 2 is 2.10 bits per heavy atom. The number of benzene rings is 1. The van der Waals surface area contributed by atoms with Crippen LogP contribution in [0.2, 0.25) is 0 Å². The van der Waals surface area contributed by atoms with Gasteiger partial charge in [-0.25, -0.2) is 8.78 Å². The second kappa shape index (κ2) is 7.31. The fourth-order valence-corrected chi connectivity index (χ4v) is 2.08. The Balaban J connectivity index is 1.72. The van der Waals surface area contributed by atoms with Crippen molar-refractivity contribution < 1.29 is 18.3 Å². The van der Waals surface area contributed by atoms with Crippen LogP contribution in [-0.2, 0) is 9.53 Å².